The molecule has 0 bridgehead atoms. The molecule has 0 saturated carbocycles. The van der Waals surface area contributed by atoms with E-state index in [1.165, 1.54) is 32.7 Å². The molecule has 124 valence electrons. The number of fused-ring (bicyclic) bond motifs is 5. The van der Waals surface area contributed by atoms with Crippen molar-refractivity contribution in [2.45, 2.75) is 19.3 Å². The van der Waals surface area contributed by atoms with E-state index < -0.39 is 10.1 Å². The Bertz CT molecular complexity index is 1020. The van der Waals surface area contributed by atoms with Crippen LogP contribution in [0.4, 0.5) is 0 Å². The minimum Gasteiger partial charge on any atom is -0.270 e. The van der Waals surface area contributed by atoms with Crippen LogP contribution in [0.1, 0.15) is 17.5 Å². The highest BCUT2D eigenvalue weighted by atomic mass is 32.2. The van der Waals surface area contributed by atoms with E-state index in [9.17, 15) is 8.42 Å². The lowest BCUT2D eigenvalue weighted by Gasteiger charge is -2.25. The maximum absolute atomic E-state index is 11.3. The van der Waals surface area contributed by atoms with Gasteiger partial charge in [0.15, 0.2) is 0 Å². The standard InChI is InChI=1S/C20H20O3S/c1-24(21,22)23-13-14-6-7-16-9-10-18-17-5-3-2-4-15(17)8-11-19(18)20(16)12-14/h2-5,8-11,14H,6-7,12-13H2,1H3. The summed E-state index contributed by atoms with van der Waals surface area (Å²) in [4.78, 5) is 0. The first-order valence-electron chi connectivity index (χ1n) is 8.28. The van der Waals surface area contributed by atoms with Gasteiger partial charge in [-0.15, -0.1) is 0 Å². The van der Waals surface area contributed by atoms with Crippen molar-refractivity contribution in [3.63, 3.8) is 0 Å². The third kappa shape index (κ3) is 2.92. The molecule has 1 aliphatic carbocycles. The first kappa shape index (κ1) is 15.6. The molecule has 0 saturated heterocycles. The van der Waals surface area contributed by atoms with Crippen molar-refractivity contribution < 1.29 is 12.6 Å². The van der Waals surface area contributed by atoms with E-state index in [4.69, 9.17) is 4.18 Å². The highest BCUT2D eigenvalue weighted by Crippen LogP contribution is 2.35. The summed E-state index contributed by atoms with van der Waals surface area (Å²) in [6.45, 7) is 0.280. The van der Waals surface area contributed by atoms with Gasteiger partial charge in [-0.25, -0.2) is 0 Å². The highest BCUT2D eigenvalue weighted by Gasteiger charge is 2.22. The molecule has 4 heteroatoms. The average molecular weight is 340 g/mol. The van der Waals surface area contributed by atoms with Gasteiger partial charge in [0.25, 0.3) is 10.1 Å². The zero-order chi connectivity index (χ0) is 16.7. The highest BCUT2D eigenvalue weighted by molar-refractivity contribution is 7.85. The number of benzene rings is 3. The van der Waals surface area contributed by atoms with Crippen LogP contribution in [0.5, 0.6) is 0 Å². The molecule has 24 heavy (non-hydrogen) atoms. The van der Waals surface area contributed by atoms with Gasteiger partial charge in [0.1, 0.15) is 0 Å². The molecule has 0 N–H and O–H groups in total. The van der Waals surface area contributed by atoms with Crippen LogP contribution in [-0.2, 0) is 27.1 Å². The number of aryl methyl sites for hydroxylation is 1. The average Bonchev–Trinajstić information content (AvgIpc) is 2.58. The van der Waals surface area contributed by atoms with Crippen molar-refractivity contribution in [3.05, 3.63) is 59.7 Å². The summed E-state index contributed by atoms with van der Waals surface area (Å²) in [6.07, 6.45) is 3.95. The van der Waals surface area contributed by atoms with Crippen molar-refractivity contribution in [1.82, 2.24) is 0 Å². The third-order valence-electron chi connectivity index (χ3n) is 4.97. The second-order valence-electron chi connectivity index (χ2n) is 6.68. The molecule has 1 atom stereocenters. The molecule has 0 radical (unpaired) electrons. The molecule has 0 aliphatic heterocycles. The van der Waals surface area contributed by atoms with Crippen molar-refractivity contribution >= 4 is 31.7 Å². The Hall–Kier alpha value is -1.91. The Balaban J connectivity index is 1.76. The van der Waals surface area contributed by atoms with E-state index in [2.05, 4.69) is 48.5 Å². The lowest BCUT2D eigenvalue weighted by molar-refractivity contribution is 0.242. The van der Waals surface area contributed by atoms with Crippen LogP contribution in [0.2, 0.25) is 0 Å². The predicted octanol–water partition coefficient (Wildman–Crippen LogP) is 4.07. The summed E-state index contributed by atoms with van der Waals surface area (Å²) in [5.74, 6) is 0.254. The van der Waals surface area contributed by atoms with Gasteiger partial charge < -0.3 is 0 Å². The molecule has 1 aliphatic rings. The molecule has 4 rings (SSSR count). The van der Waals surface area contributed by atoms with Crippen molar-refractivity contribution in [2.75, 3.05) is 12.9 Å². The van der Waals surface area contributed by atoms with Crippen LogP contribution in [0.3, 0.4) is 0 Å². The molecule has 0 aromatic heterocycles. The molecule has 1 unspecified atom stereocenters. The third-order valence-corrected chi connectivity index (χ3v) is 5.53. The topological polar surface area (TPSA) is 43.4 Å². The van der Waals surface area contributed by atoms with Crippen LogP contribution in [0.15, 0.2) is 48.5 Å². The Morgan fingerprint density at radius 1 is 1.00 bits per heavy atom. The van der Waals surface area contributed by atoms with E-state index in [-0.39, 0.29) is 12.5 Å². The molecular weight excluding hydrogens is 320 g/mol. The number of hydrogen-bond donors (Lipinski definition) is 0. The van der Waals surface area contributed by atoms with Gasteiger partial charge in [-0.1, -0.05) is 48.5 Å². The van der Waals surface area contributed by atoms with Crippen LogP contribution in [-0.4, -0.2) is 21.3 Å². The first-order valence-corrected chi connectivity index (χ1v) is 10.1. The van der Waals surface area contributed by atoms with Crippen molar-refractivity contribution in [1.29, 1.82) is 0 Å². The summed E-state index contributed by atoms with van der Waals surface area (Å²) in [6, 6.07) is 17.3. The molecule has 0 spiro atoms. The first-order chi connectivity index (χ1) is 11.5. The van der Waals surface area contributed by atoms with Crippen LogP contribution >= 0.6 is 0 Å². The molecule has 3 nitrogen and oxygen atoms in total. The zero-order valence-corrected chi connectivity index (χ0v) is 14.5. The van der Waals surface area contributed by atoms with E-state index in [1.54, 1.807) is 0 Å². The number of rotatable bonds is 3. The smallest absolute Gasteiger partial charge is 0.264 e. The van der Waals surface area contributed by atoms with E-state index >= 15 is 0 Å². The normalized spacial score (nSPS) is 18.0. The molecule has 0 amide bonds. The van der Waals surface area contributed by atoms with Gasteiger partial charge in [0, 0.05) is 0 Å². The van der Waals surface area contributed by atoms with E-state index in [1.807, 2.05) is 0 Å². The second kappa shape index (κ2) is 5.87. The fourth-order valence-corrected chi connectivity index (χ4v) is 4.22. The van der Waals surface area contributed by atoms with Gasteiger partial charge in [-0.2, -0.15) is 8.42 Å². The largest absolute Gasteiger partial charge is 0.270 e. The fraction of sp³-hybridized carbons (Fsp3) is 0.300. The van der Waals surface area contributed by atoms with E-state index in [0.717, 1.165) is 25.5 Å². The second-order valence-corrected chi connectivity index (χ2v) is 8.33. The van der Waals surface area contributed by atoms with Gasteiger partial charge in [-0.05, 0) is 57.9 Å². The Kier molecular flexibility index (Phi) is 3.82. The van der Waals surface area contributed by atoms with E-state index in [0.29, 0.717) is 0 Å². The molecule has 0 heterocycles. The monoisotopic (exact) mass is 340 g/mol. The van der Waals surface area contributed by atoms with Crippen LogP contribution in [0.25, 0.3) is 21.5 Å². The Labute approximate surface area is 142 Å². The number of hydrogen-bond acceptors (Lipinski definition) is 3. The molecule has 3 aromatic carbocycles. The summed E-state index contributed by atoms with van der Waals surface area (Å²) in [5, 5.41) is 5.08. The van der Waals surface area contributed by atoms with Gasteiger partial charge in [0.05, 0.1) is 12.9 Å². The van der Waals surface area contributed by atoms with Crippen molar-refractivity contribution in [3.8, 4) is 0 Å². The predicted molar refractivity (Wildman–Crippen MR) is 97.8 cm³/mol. The minimum absolute atomic E-state index is 0.254. The molecule has 3 aromatic rings. The Morgan fingerprint density at radius 3 is 2.62 bits per heavy atom. The lowest BCUT2D eigenvalue weighted by Crippen LogP contribution is -2.21. The SMILES string of the molecule is CS(=O)(=O)OCC1CCc2ccc3c(ccc4ccccc43)c2C1. The maximum Gasteiger partial charge on any atom is 0.264 e. The van der Waals surface area contributed by atoms with Gasteiger partial charge >= 0.3 is 0 Å². The van der Waals surface area contributed by atoms with Gasteiger partial charge in [-0.3, -0.25) is 4.18 Å². The summed E-state index contributed by atoms with van der Waals surface area (Å²) >= 11 is 0. The fourth-order valence-electron chi connectivity index (χ4n) is 3.78. The minimum atomic E-state index is -3.37. The maximum atomic E-state index is 11.3. The van der Waals surface area contributed by atoms with Crippen LogP contribution in [0, 0.1) is 5.92 Å². The lowest BCUT2D eigenvalue weighted by atomic mass is 9.81. The Morgan fingerprint density at radius 2 is 1.79 bits per heavy atom. The molecular formula is C20H20O3S. The summed E-state index contributed by atoms with van der Waals surface area (Å²) in [7, 11) is -3.37. The summed E-state index contributed by atoms with van der Waals surface area (Å²) in [5.41, 5.74) is 2.74. The van der Waals surface area contributed by atoms with Crippen molar-refractivity contribution in [2.24, 2.45) is 5.92 Å². The molecule has 0 fully saturated rings. The summed E-state index contributed by atoms with van der Waals surface area (Å²) < 4.78 is 27.6. The zero-order valence-electron chi connectivity index (χ0n) is 13.7. The van der Waals surface area contributed by atoms with Crippen LogP contribution < -0.4 is 0 Å². The quantitative estimate of drug-likeness (QED) is 0.533. The van der Waals surface area contributed by atoms with Gasteiger partial charge in [0.2, 0.25) is 0 Å².